The number of allylic oxidation sites excluding steroid dienone is 2. The van der Waals surface area contributed by atoms with Crippen molar-refractivity contribution in [3.05, 3.63) is 140 Å². The van der Waals surface area contributed by atoms with Gasteiger partial charge in [-0.3, -0.25) is 15.1 Å². The molecular formula is C37H41N3O7. The minimum Gasteiger partial charge on any atom is -0.466 e. The van der Waals surface area contributed by atoms with E-state index in [0.29, 0.717) is 17.0 Å². The number of hydrogen-bond acceptors (Lipinski definition) is 9. The van der Waals surface area contributed by atoms with Crippen molar-refractivity contribution in [2.75, 3.05) is 20.3 Å². The van der Waals surface area contributed by atoms with Crippen molar-refractivity contribution in [2.24, 2.45) is 5.41 Å². The number of methoxy groups -OCH3 is 1. The lowest BCUT2D eigenvalue weighted by molar-refractivity contribution is -0.384. The molecule has 10 nitrogen and oxygen atoms in total. The Morgan fingerprint density at radius 1 is 1.00 bits per heavy atom. The maximum Gasteiger partial charge on any atom is 0.336 e. The number of carbonyl (C=O) groups is 2. The van der Waals surface area contributed by atoms with Crippen molar-refractivity contribution in [1.82, 2.24) is 10.3 Å². The van der Waals surface area contributed by atoms with Crippen LogP contribution in [0.1, 0.15) is 68.9 Å². The number of non-ortho nitro benzene ring substituents is 1. The van der Waals surface area contributed by atoms with E-state index in [4.69, 9.17) is 14.2 Å². The second-order valence-electron chi connectivity index (χ2n) is 12.5. The predicted octanol–water partition coefficient (Wildman–Crippen LogP) is 6.89. The van der Waals surface area contributed by atoms with Crippen molar-refractivity contribution >= 4 is 17.6 Å². The summed E-state index contributed by atoms with van der Waals surface area (Å²) < 4.78 is 17.3. The average Bonchev–Trinajstić information content (AvgIpc) is 3.04. The summed E-state index contributed by atoms with van der Waals surface area (Å²) in [6, 6.07) is 18.0. The zero-order chi connectivity index (χ0) is 34.3. The van der Waals surface area contributed by atoms with Crippen molar-refractivity contribution in [1.29, 1.82) is 0 Å². The highest BCUT2D eigenvalue weighted by atomic mass is 16.6. The third-order valence-corrected chi connectivity index (χ3v) is 7.90. The van der Waals surface area contributed by atoms with Crippen LogP contribution in [0.5, 0.6) is 0 Å². The van der Waals surface area contributed by atoms with Crippen LogP contribution in [-0.4, -0.2) is 42.2 Å². The minimum absolute atomic E-state index is 0.00742. The third-order valence-electron chi connectivity index (χ3n) is 7.90. The average molecular weight is 640 g/mol. The van der Waals surface area contributed by atoms with Crippen LogP contribution in [0.4, 0.5) is 5.69 Å². The number of nitro groups is 1. The van der Waals surface area contributed by atoms with E-state index in [1.807, 2.05) is 51.2 Å². The molecule has 0 aliphatic carbocycles. The van der Waals surface area contributed by atoms with Crippen LogP contribution in [-0.2, 0) is 30.2 Å². The van der Waals surface area contributed by atoms with Gasteiger partial charge in [0.1, 0.15) is 6.10 Å². The number of dihydropyridines is 1. The lowest BCUT2D eigenvalue weighted by Crippen LogP contribution is -2.34. The van der Waals surface area contributed by atoms with Crippen molar-refractivity contribution in [2.45, 2.75) is 53.1 Å². The molecule has 47 heavy (non-hydrogen) atoms. The summed E-state index contributed by atoms with van der Waals surface area (Å²) in [6.45, 7) is 13.6. The first-order valence-electron chi connectivity index (χ1n) is 15.2. The first kappa shape index (κ1) is 34.8. The van der Waals surface area contributed by atoms with Gasteiger partial charge in [0.15, 0.2) is 0 Å². The number of hydrogen-bond donors (Lipinski definition) is 1. The molecule has 4 rings (SSSR count). The summed E-state index contributed by atoms with van der Waals surface area (Å²) in [5.74, 6) is -2.26. The van der Waals surface area contributed by atoms with Gasteiger partial charge in [0.25, 0.3) is 5.69 Å². The smallest absolute Gasteiger partial charge is 0.336 e. The van der Waals surface area contributed by atoms with E-state index in [-0.39, 0.29) is 36.2 Å². The van der Waals surface area contributed by atoms with E-state index in [2.05, 4.69) is 29.0 Å². The quantitative estimate of drug-likeness (QED) is 0.0919. The van der Waals surface area contributed by atoms with Gasteiger partial charge in [0.05, 0.1) is 42.3 Å². The third kappa shape index (κ3) is 8.59. The Bertz CT molecular complexity index is 1710. The molecule has 10 heteroatoms. The lowest BCUT2D eigenvalue weighted by Gasteiger charge is -2.32. The number of pyridine rings is 1. The lowest BCUT2D eigenvalue weighted by atomic mass is 9.80. The van der Waals surface area contributed by atoms with Crippen molar-refractivity contribution in [3.8, 4) is 0 Å². The molecule has 0 fully saturated rings. The second kappa shape index (κ2) is 15.0. The molecule has 0 bridgehead atoms. The number of carbonyl (C=O) groups excluding carboxylic acids is 2. The van der Waals surface area contributed by atoms with Gasteiger partial charge in [0, 0.05) is 41.3 Å². The van der Waals surface area contributed by atoms with Crippen LogP contribution in [0, 0.1) is 15.5 Å². The summed E-state index contributed by atoms with van der Waals surface area (Å²) in [5, 5.41) is 14.6. The molecule has 0 saturated heterocycles. The number of aromatic nitrogens is 1. The van der Waals surface area contributed by atoms with E-state index in [1.165, 1.54) is 25.3 Å². The minimum atomic E-state index is -0.940. The standard InChI is InChI=1S/C37H41N3O7/c1-23(2)34(28-15-13-26(14-16-28)18-27-10-9-17-38-20-27)46-21-37(5,6)22-47-36(42)32-25(4)39-24(3)31(35(41)45-7)33(32)29-11-8-12-30(19-29)40(43)44/h8-17,19-20,33-34,39H,1,18,21-22H2,2-7H3. The fourth-order valence-electron chi connectivity index (χ4n) is 5.56. The van der Waals surface area contributed by atoms with Gasteiger partial charge in [-0.1, -0.05) is 62.9 Å². The Morgan fingerprint density at radius 3 is 2.28 bits per heavy atom. The molecule has 1 aliphatic heterocycles. The molecule has 1 aromatic heterocycles. The van der Waals surface area contributed by atoms with E-state index in [9.17, 15) is 19.7 Å². The summed E-state index contributed by atoms with van der Waals surface area (Å²) in [6.07, 6.45) is 4.02. The fraction of sp³-hybridized carbons (Fsp3) is 0.324. The Balaban J connectivity index is 1.48. The SMILES string of the molecule is C=C(C)C(OCC(C)(C)COC(=O)C1=C(C)NC(C)=C(C(=O)OC)C1c1cccc([N+](=O)[O-])c1)c1ccc(Cc2cccnc2)cc1. The van der Waals surface area contributed by atoms with Crippen molar-refractivity contribution < 1.29 is 28.7 Å². The maximum atomic E-state index is 13.8. The topological polar surface area (TPSA) is 130 Å². The number of nitrogens with zero attached hydrogens (tertiary/aromatic N) is 2. The van der Waals surface area contributed by atoms with Crippen LogP contribution in [0.15, 0.2) is 108 Å². The Labute approximate surface area is 275 Å². The van der Waals surface area contributed by atoms with Gasteiger partial charge >= 0.3 is 11.9 Å². The van der Waals surface area contributed by atoms with Crippen molar-refractivity contribution in [3.63, 3.8) is 0 Å². The molecule has 3 aromatic rings. The monoisotopic (exact) mass is 639 g/mol. The van der Waals surface area contributed by atoms with E-state index in [1.54, 1.807) is 26.1 Å². The van der Waals surface area contributed by atoms with Gasteiger partial charge in [0.2, 0.25) is 0 Å². The molecule has 0 radical (unpaired) electrons. The molecule has 246 valence electrons. The Kier molecular flexibility index (Phi) is 11.1. The van der Waals surface area contributed by atoms with Gasteiger partial charge in [-0.05, 0) is 61.1 Å². The number of esters is 2. The van der Waals surface area contributed by atoms with Gasteiger partial charge in [-0.2, -0.15) is 0 Å². The number of rotatable bonds is 13. The number of benzene rings is 2. The molecule has 0 spiro atoms. The zero-order valence-electron chi connectivity index (χ0n) is 27.7. The second-order valence-corrected chi connectivity index (χ2v) is 12.5. The molecule has 2 heterocycles. The highest BCUT2D eigenvalue weighted by Gasteiger charge is 2.39. The summed E-state index contributed by atoms with van der Waals surface area (Å²) >= 11 is 0. The van der Waals surface area contributed by atoms with Crippen LogP contribution >= 0.6 is 0 Å². The fourth-order valence-corrected chi connectivity index (χ4v) is 5.56. The highest BCUT2D eigenvalue weighted by Crippen LogP contribution is 2.40. The van der Waals surface area contributed by atoms with E-state index < -0.39 is 28.2 Å². The van der Waals surface area contributed by atoms with Crippen LogP contribution in [0.25, 0.3) is 0 Å². The van der Waals surface area contributed by atoms with E-state index >= 15 is 0 Å². The molecular weight excluding hydrogens is 598 g/mol. The van der Waals surface area contributed by atoms with Crippen LogP contribution < -0.4 is 5.32 Å². The van der Waals surface area contributed by atoms with Gasteiger partial charge < -0.3 is 19.5 Å². The summed E-state index contributed by atoms with van der Waals surface area (Å²) in [4.78, 5) is 41.9. The first-order chi connectivity index (χ1) is 22.3. The molecule has 2 unspecified atom stereocenters. The van der Waals surface area contributed by atoms with Gasteiger partial charge in [-0.15, -0.1) is 0 Å². The predicted molar refractivity (Wildman–Crippen MR) is 178 cm³/mol. The molecule has 2 atom stereocenters. The summed E-state index contributed by atoms with van der Waals surface area (Å²) in [5.41, 5.74) is 5.00. The highest BCUT2D eigenvalue weighted by molar-refractivity contribution is 5.99. The number of nitrogens with one attached hydrogen (secondary N) is 1. The molecule has 1 aliphatic rings. The zero-order valence-corrected chi connectivity index (χ0v) is 27.7. The maximum absolute atomic E-state index is 13.8. The number of nitro benzene ring substituents is 1. The molecule has 0 saturated carbocycles. The number of ether oxygens (including phenoxy) is 3. The largest absolute Gasteiger partial charge is 0.466 e. The van der Waals surface area contributed by atoms with Gasteiger partial charge in [-0.25, -0.2) is 9.59 Å². The molecule has 1 N–H and O–H groups in total. The first-order valence-corrected chi connectivity index (χ1v) is 15.2. The summed E-state index contributed by atoms with van der Waals surface area (Å²) in [7, 11) is 1.24. The normalized spacial score (nSPS) is 15.5. The Hall–Kier alpha value is -5.09. The molecule has 0 amide bonds. The van der Waals surface area contributed by atoms with Crippen LogP contribution in [0.2, 0.25) is 0 Å². The Morgan fingerprint density at radius 2 is 1.68 bits per heavy atom. The molecule has 2 aromatic carbocycles. The van der Waals surface area contributed by atoms with E-state index in [0.717, 1.165) is 28.7 Å². The van der Waals surface area contributed by atoms with Crippen LogP contribution in [0.3, 0.4) is 0 Å².